The zero-order valence-electron chi connectivity index (χ0n) is 15.3. The van der Waals surface area contributed by atoms with Gasteiger partial charge in [-0.05, 0) is 55.7 Å². The van der Waals surface area contributed by atoms with Crippen LogP contribution in [0.4, 0.5) is 4.79 Å². The summed E-state index contributed by atoms with van der Waals surface area (Å²) in [6.45, 7) is 5.13. The number of carbonyl (C=O) groups excluding carboxylic acids is 1. The summed E-state index contributed by atoms with van der Waals surface area (Å²) >= 11 is 12.1. The van der Waals surface area contributed by atoms with Gasteiger partial charge in [-0.15, -0.1) is 0 Å². The summed E-state index contributed by atoms with van der Waals surface area (Å²) in [4.78, 5) is 23.3. The molecule has 0 heterocycles. The Kier molecular flexibility index (Phi) is 6.73. The number of carboxylic acid groups (broad SMARTS) is 1. The summed E-state index contributed by atoms with van der Waals surface area (Å²) in [7, 11) is 0. The number of halogens is 2. The molecule has 0 aliphatic rings. The fourth-order valence-corrected chi connectivity index (χ4v) is 2.97. The Hall–Kier alpha value is -2.24. The molecule has 2 aromatic rings. The minimum atomic E-state index is -1.13. The predicted molar refractivity (Wildman–Crippen MR) is 106 cm³/mol. The Morgan fingerprint density at radius 3 is 2.07 bits per heavy atom. The van der Waals surface area contributed by atoms with Crippen LogP contribution < -0.4 is 5.32 Å². The van der Waals surface area contributed by atoms with E-state index in [1.54, 1.807) is 51.1 Å². The molecule has 2 rings (SSSR count). The number of hydrogen-bond acceptors (Lipinski definition) is 3. The summed E-state index contributed by atoms with van der Waals surface area (Å²) in [6.07, 6.45) is -0.634. The maximum absolute atomic E-state index is 11.8. The molecule has 5 nitrogen and oxygen atoms in total. The van der Waals surface area contributed by atoms with Crippen molar-refractivity contribution in [3.63, 3.8) is 0 Å². The molecule has 0 fully saturated rings. The number of nitrogens with one attached hydrogen (secondary N) is 1. The van der Waals surface area contributed by atoms with Gasteiger partial charge in [0, 0.05) is 16.5 Å². The average Bonchev–Trinajstić information content (AvgIpc) is 2.52. The van der Waals surface area contributed by atoms with Crippen molar-refractivity contribution in [3.8, 4) is 11.1 Å². The van der Waals surface area contributed by atoms with Crippen LogP contribution in [0.25, 0.3) is 11.1 Å². The highest BCUT2D eigenvalue weighted by Gasteiger charge is 2.24. The topological polar surface area (TPSA) is 75.6 Å². The quantitative estimate of drug-likeness (QED) is 0.712. The van der Waals surface area contributed by atoms with Crippen molar-refractivity contribution in [2.24, 2.45) is 0 Å². The third kappa shape index (κ3) is 6.77. The van der Waals surface area contributed by atoms with Gasteiger partial charge in [0.1, 0.15) is 11.6 Å². The largest absolute Gasteiger partial charge is 0.480 e. The molecule has 2 N–H and O–H groups in total. The summed E-state index contributed by atoms with van der Waals surface area (Å²) in [6, 6.07) is 11.5. The molecule has 0 saturated heterocycles. The standard InChI is InChI=1S/C20H21Cl2NO4/c1-20(2,3)27-19(26)23-17(18(24)25)8-12-4-6-13(7-5-12)14-9-15(21)11-16(22)10-14/h4-7,9-11,17H,8H2,1-3H3,(H,23,26)(H,24,25). The van der Waals surface area contributed by atoms with Gasteiger partial charge in [0.25, 0.3) is 0 Å². The first-order chi connectivity index (χ1) is 12.5. The van der Waals surface area contributed by atoms with E-state index in [2.05, 4.69) is 5.32 Å². The normalized spacial score (nSPS) is 12.3. The van der Waals surface area contributed by atoms with Gasteiger partial charge < -0.3 is 15.2 Å². The number of alkyl carbamates (subject to hydrolysis) is 1. The van der Waals surface area contributed by atoms with E-state index in [9.17, 15) is 14.7 Å². The number of benzene rings is 2. The Balaban J connectivity index is 2.10. The summed E-state index contributed by atoms with van der Waals surface area (Å²) in [5, 5.41) is 12.8. The SMILES string of the molecule is CC(C)(C)OC(=O)NC(Cc1ccc(-c2cc(Cl)cc(Cl)c2)cc1)C(=O)O. The van der Waals surface area contributed by atoms with Gasteiger partial charge in [0.15, 0.2) is 0 Å². The van der Waals surface area contributed by atoms with Gasteiger partial charge in [-0.25, -0.2) is 9.59 Å². The maximum Gasteiger partial charge on any atom is 0.408 e. The lowest BCUT2D eigenvalue weighted by molar-refractivity contribution is -0.139. The van der Waals surface area contributed by atoms with E-state index in [1.807, 2.05) is 12.1 Å². The fourth-order valence-electron chi connectivity index (χ4n) is 2.44. The molecular formula is C20H21Cl2NO4. The van der Waals surface area contributed by atoms with Gasteiger partial charge in [-0.2, -0.15) is 0 Å². The number of rotatable bonds is 5. The Morgan fingerprint density at radius 1 is 1.04 bits per heavy atom. The average molecular weight is 410 g/mol. The van der Waals surface area contributed by atoms with E-state index in [0.717, 1.165) is 16.7 Å². The molecule has 0 spiro atoms. The lowest BCUT2D eigenvalue weighted by Crippen LogP contribution is -2.44. The summed E-state index contributed by atoms with van der Waals surface area (Å²) < 4.78 is 5.12. The Labute approximate surface area is 168 Å². The van der Waals surface area contributed by atoms with Crippen LogP contribution in [0, 0.1) is 0 Å². The van der Waals surface area contributed by atoms with E-state index in [1.165, 1.54) is 0 Å². The van der Waals surface area contributed by atoms with Gasteiger partial charge in [-0.1, -0.05) is 47.5 Å². The molecule has 1 amide bonds. The van der Waals surface area contributed by atoms with Crippen LogP contribution >= 0.6 is 23.2 Å². The number of amides is 1. The lowest BCUT2D eigenvalue weighted by Gasteiger charge is -2.22. The monoisotopic (exact) mass is 409 g/mol. The van der Waals surface area contributed by atoms with Crippen molar-refractivity contribution in [3.05, 3.63) is 58.1 Å². The van der Waals surface area contributed by atoms with Crippen molar-refractivity contribution in [1.29, 1.82) is 0 Å². The zero-order chi connectivity index (χ0) is 20.2. The minimum Gasteiger partial charge on any atom is -0.480 e. The highest BCUT2D eigenvalue weighted by molar-refractivity contribution is 6.35. The van der Waals surface area contributed by atoms with Crippen molar-refractivity contribution in [1.82, 2.24) is 5.32 Å². The lowest BCUT2D eigenvalue weighted by atomic mass is 10.0. The molecule has 0 aliphatic heterocycles. The summed E-state index contributed by atoms with van der Waals surface area (Å²) in [5.41, 5.74) is 1.82. The van der Waals surface area contributed by atoms with Crippen LogP contribution in [0.3, 0.4) is 0 Å². The second kappa shape index (κ2) is 8.63. The molecule has 1 unspecified atom stereocenters. The Bertz CT molecular complexity index is 809. The van der Waals surface area contributed by atoms with E-state index in [4.69, 9.17) is 27.9 Å². The van der Waals surface area contributed by atoms with Crippen LogP contribution in [0.1, 0.15) is 26.3 Å². The number of ether oxygens (including phenoxy) is 1. The first kappa shape index (κ1) is 21.1. The maximum atomic E-state index is 11.8. The second-order valence-corrected chi connectivity index (χ2v) is 7.97. The van der Waals surface area contributed by atoms with Gasteiger partial charge in [0.05, 0.1) is 0 Å². The molecule has 0 bridgehead atoms. The van der Waals surface area contributed by atoms with E-state index in [-0.39, 0.29) is 6.42 Å². The van der Waals surface area contributed by atoms with Crippen molar-refractivity contribution >= 4 is 35.3 Å². The molecule has 0 saturated carbocycles. The zero-order valence-corrected chi connectivity index (χ0v) is 16.8. The van der Waals surface area contributed by atoms with Crippen molar-refractivity contribution < 1.29 is 19.4 Å². The number of carbonyl (C=O) groups is 2. The molecule has 0 aliphatic carbocycles. The van der Waals surface area contributed by atoms with Crippen molar-refractivity contribution in [2.45, 2.75) is 38.8 Å². The second-order valence-electron chi connectivity index (χ2n) is 7.10. The number of carboxylic acids is 1. The fraction of sp³-hybridized carbons (Fsp3) is 0.300. The van der Waals surface area contributed by atoms with Crippen molar-refractivity contribution in [2.75, 3.05) is 0 Å². The number of hydrogen-bond donors (Lipinski definition) is 2. The van der Waals surface area contributed by atoms with E-state index >= 15 is 0 Å². The molecule has 0 aromatic heterocycles. The van der Waals surface area contributed by atoms with E-state index < -0.39 is 23.7 Å². The molecule has 27 heavy (non-hydrogen) atoms. The van der Waals surface area contributed by atoms with Crippen LogP contribution in [0.2, 0.25) is 10.0 Å². The Morgan fingerprint density at radius 2 is 1.59 bits per heavy atom. The van der Waals surface area contributed by atoms with Crippen LogP contribution in [0.5, 0.6) is 0 Å². The summed E-state index contributed by atoms with van der Waals surface area (Å²) in [5.74, 6) is -1.13. The molecule has 2 aromatic carbocycles. The molecular weight excluding hydrogens is 389 g/mol. The van der Waals surface area contributed by atoms with Gasteiger partial charge in [-0.3, -0.25) is 0 Å². The smallest absolute Gasteiger partial charge is 0.408 e. The highest BCUT2D eigenvalue weighted by atomic mass is 35.5. The van der Waals surface area contributed by atoms with Crippen LogP contribution in [0.15, 0.2) is 42.5 Å². The molecule has 1 atom stereocenters. The van der Waals surface area contributed by atoms with Gasteiger partial charge in [0.2, 0.25) is 0 Å². The highest BCUT2D eigenvalue weighted by Crippen LogP contribution is 2.27. The third-order valence-electron chi connectivity index (χ3n) is 3.58. The van der Waals surface area contributed by atoms with Crippen LogP contribution in [-0.4, -0.2) is 28.8 Å². The number of aliphatic carboxylic acids is 1. The first-order valence-electron chi connectivity index (χ1n) is 8.31. The molecule has 7 heteroatoms. The third-order valence-corrected chi connectivity index (χ3v) is 4.02. The van der Waals surface area contributed by atoms with Crippen LogP contribution in [-0.2, 0) is 16.0 Å². The first-order valence-corrected chi connectivity index (χ1v) is 9.07. The minimum absolute atomic E-state index is 0.130. The van der Waals surface area contributed by atoms with E-state index in [0.29, 0.717) is 10.0 Å². The molecule has 144 valence electrons. The predicted octanol–water partition coefficient (Wildman–Crippen LogP) is 5.18. The molecule has 0 radical (unpaired) electrons. The van der Waals surface area contributed by atoms with Gasteiger partial charge >= 0.3 is 12.1 Å².